The molecule has 0 aliphatic heterocycles. The molecular formula is C66H42N2OS. The lowest BCUT2D eigenvalue weighted by molar-refractivity contribution is 0.669. The van der Waals surface area contributed by atoms with E-state index < -0.39 is 0 Å². The predicted molar refractivity (Wildman–Crippen MR) is 299 cm³/mol. The Balaban J connectivity index is 0.894. The second kappa shape index (κ2) is 16.4. The number of benzene rings is 12. The topological polar surface area (TPSA) is 19.6 Å². The number of rotatable bonds is 8. The molecule has 0 unspecified atom stereocenters. The Labute approximate surface area is 408 Å². The van der Waals surface area contributed by atoms with Crippen molar-refractivity contribution in [1.29, 1.82) is 0 Å². The van der Waals surface area contributed by atoms with Gasteiger partial charge in [0, 0.05) is 64.6 Å². The van der Waals surface area contributed by atoms with Crippen LogP contribution in [-0.4, -0.2) is 0 Å². The maximum absolute atomic E-state index is 6.69. The van der Waals surface area contributed by atoms with Crippen LogP contribution in [0.15, 0.2) is 259 Å². The standard InChI is InChI=1S/C66H42N2OS/c1-3-17-45(18-4-1)52-22-11-13-27-60(52)68(61-28-15-26-56-54-24-12-14-29-62(54)69-65(56)61)49-34-30-44(31-35-49)47-33-38-57-59(41-47)53-23-9-10-25-55(53)64-58-39-37-51(42-63(58)70-66(57)64)67(48-20-5-2-6-21-48)50-36-32-43-16-7-8-19-46(43)40-50/h1-42H. The summed E-state index contributed by atoms with van der Waals surface area (Å²) in [6.45, 7) is 0. The number of anilines is 6. The highest BCUT2D eigenvalue weighted by Crippen LogP contribution is 2.49. The summed E-state index contributed by atoms with van der Waals surface area (Å²) in [5, 5.41) is 12.3. The molecule has 0 atom stereocenters. The molecule has 3 nitrogen and oxygen atoms in total. The average Bonchev–Trinajstić information content (AvgIpc) is 4.01. The molecule has 70 heavy (non-hydrogen) atoms. The summed E-state index contributed by atoms with van der Waals surface area (Å²) in [5.74, 6) is 0. The van der Waals surface area contributed by atoms with E-state index in [9.17, 15) is 0 Å². The van der Waals surface area contributed by atoms with Crippen molar-refractivity contribution in [3.05, 3.63) is 255 Å². The summed E-state index contributed by atoms with van der Waals surface area (Å²) in [7, 11) is 0. The van der Waals surface area contributed by atoms with E-state index in [-0.39, 0.29) is 0 Å². The lowest BCUT2D eigenvalue weighted by atomic mass is 9.94. The van der Waals surface area contributed by atoms with Crippen molar-refractivity contribution in [1.82, 2.24) is 0 Å². The van der Waals surface area contributed by atoms with Crippen LogP contribution in [0.4, 0.5) is 34.1 Å². The number of thiophene rings is 1. The van der Waals surface area contributed by atoms with Crippen molar-refractivity contribution in [2.24, 2.45) is 0 Å². The van der Waals surface area contributed by atoms with Crippen LogP contribution in [0.1, 0.15) is 0 Å². The van der Waals surface area contributed by atoms with Crippen molar-refractivity contribution in [3.63, 3.8) is 0 Å². The molecule has 0 radical (unpaired) electrons. The maximum atomic E-state index is 6.69. The first-order chi connectivity index (χ1) is 34.7. The summed E-state index contributed by atoms with van der Waals surface area (Å²) in [6, 6.07) is 92.2. The van der Waals surface area contributed by atoms with Gasteiger partial charge in [-0.15, -0.1) is 11.3 Å². The normalized spacial score (nSPS) is 11.7. The molecule has 0 aliphatic carbocycles. The summed E-state index contributed by atoms with van der Waals surface area (Å²) >= 11 is 1.89. The predicted octanol–water partition coefficient (Wildman–Crippen LogP) is 19.7. The number of hydrogen-bond donors (Lipinski definition) is 0. The first-order valence-electron chi connectivity index (χ1n) is 23.8. The SMILES string of the molecule is c1ccc(-c2ccccc2N(c2ccc(-c3ccc4c(c3)c3ccccc3c3c5ccc(N(c6ccccc6)c6ccc7ccccc7c6)cc5sc43)cc2)c2cccc3c2oc2ccccc23)cc1. The van der Waals surface area contributed by atoms with Crippen LogP contribution >= 0.6 is 11.3 Å². The van der Waals surface area contributed by atoms with Crippen LogP contribution in [0.3, 0.4) is 0 Å². The zero-order valence-electron chi connectivity index (χ0n) is 38.0. The van der Waals surface area contributed by atoms with Gasteiger partial charge >= 0.3 is 0 Å². The van der Waals surface area contributed by atoms with E-state index in [2.05, 4.69) is 259 Å². The molecule has 0 fully saturated rings. The summed E-state index contributed by atoms with van der Waals surface area (Å²) in [5.41, 5.74) is 12.9. The van der Waals surface area contributed by atoms with Gasteiger partial charge in [-0.1, -0.05) is 182 Å². The number of hydrogen-bond acceptors (Lipinski definition) is 4. The Morgan fingerprint density at radius 3 is 1.79 bits per heavy atom. The number of fused-ring (bicyclic) bond motifs is 12. The van der Waals surface area contributed by atoms with Crippen molar-refractivity contribution in [3.8, 4) is 22.3 Å². The molecule has 0 aliphatic rings. The molecule has 0 saturated heterocycles. The van der Waals surface area contributed by atoms with E-state index in [1.807, 2.05) is 17.4 Å². The Bertz CT molecular complexity index is 4310. The monoisotopic (exact) mass is 910 g/mol. The molecule has 0 bridgehead atoms. The van der Waals surface area contributed by atoms with E-state index >= 15 is 0 Å². The van der Waals surface area contributed by atoms with Crippen molar-refractivity contribution < 1.29 is 4.42 Å². The third kappa shape index (κ3) is 6.57. The molecule has 0 saturated carbocycles. The van der Waals surface area contributed by atoms with Crippen LogP contribution < -0.4 is 9.80 Å². The number of para-hydroxylation sites is 4. The van der Waals surface area contributed by atoms with Crippen LogP contribution in [-0.2, 0) is 0 Å². The van der Waals surface area contributed by atoms with Gasteiger partial charge in [0.2, 0.25) is 0 Å². The summed E-state index contributed by atoms with van der Waals surface area (Å²) in [6.07, 6.45) is 0. The second-order valence-electron chi connectivity index (χ2n) is 18.0. The van der Waals surface area contributed by atoms with Crippen LogP contribution in [0, 0.1) is 0 Å². The van der Waals surface area contributed by atoms with E-state index in [1.165, 1.54) is 58.1 Å². The van der Waals surface area contributed by atoms with Gasteiger partial charge in [0.05, 0.1) is 11.4 Å². The molecule has 328 valence electrons. The molecule has 12 aromatic carbocycles. The third-order valence-corrected chi connectivity index (χ3v) is 15.2. The largest absolute Gasteiger partial charge is 0.454 e. The highest BCUT2D eigenvalue weighted by atomic mass is 32.1. The van der Waals surface area contributed by atoms with Crippen molar-refractivity contribution >= 4 is 120 Å². The van der Waals surface area contributed by atoms with Gasteiger partial charge in [-0.25, -0.2) is 0 Å². The molecule has 14 rings (SSSR count). The molecule has 14 aromatic rings. The van der Waals surface area contributed by atoms with Crippen molar-refractivity contribution in [2.75, 3.05) is 9.80 Å². The Hall–Kier alpha value is -8.96. The lowest BCUT2D eigenvalue weighted by Gasteiger charge is -2.28. The fraction of sp³-hybridized carbons (Fsp3) is 0. The minimum atomic E-state index is 0.860. The van der Waals surface area contributed by atoms with Crippen LogP contribution in [0.2, 0.25) is 0 Å². The molecule has 2 heterocycles. The highest BCUT2D eigenvalue weighted by Gasteiger charge is 2.23. The number of nitrogens with zero attached hydrogens (tertiary/aromatic N) is 2. The first kappa shape index (κ1) is 40.1. The second-order valence-corrected chi connectivity index (χ2v) is 19.1. The minimum Gasteiger partial charge on any atom is -0.454 e. The van der Waals surface area contributed by atoms with E-state index in [1.54, 1.807) is 0 Å². The Kier molecular flexibility index (Phi) is 9.39. The molecular weight excluding hydrogens is 869 g/mol. The third-order valence-electron chi connectivity index (χ3n) is 14.0. The van der Waals surface area contributed by atoms with Gasteiger partial charge in [-0.2, -0.15) is 0 Å². The zero-order valence-corrected chi connectivity index (χ0v) is 38.8. The van der Waals surface area contributed by atoms with Gasteiger partial charge in [-0.05, 0) is 116 Å². The van der Waals surface area contributed by atoms with E-state index in [0.29, 0.717) is 0 Å². The number of furan rings is 1. The molecule has 4 heteroatoms. The zero-order chi connectivity index (χ0) is 46.1. The Morgan fingerprint density at radius 2 is 0.929 bits per heavy atom. The van der Waals surface area contributed by atoms with Gasteiger partial charge in [0.25, 0.3) is 0 Å². The lowest BCUT2D eigenvalue weighted by Crippen LogP contribution is -2.11. The Morgan fingerprint density at radius 1 is 0.314 bits per heavy atom. The molecule has 0 amide bonds. The average molecular weight is 911 g/mol. The first-order valence-corrected chi connectivity index (χ1v) is 24.6. The summed E-state index contributed by atoms with van der Waals surface area (Å²) in [4.78, 5) is 4.74. The fourth-order valence-corrected chi connectivity index (χ4v) is 12.0. The van der Waals surface area contributed by atoms with Gasteiger partial charge < -0.3 is 14.2 Å². The highest BCUT2D eigenvalue weighted by molar-refractivity contribution is 7.27. The van der Waals surface area contributed by atoms with E-state index in [4.69, 9.17) is 4.42 Å². The molecule has 0 spiro atoms. The minimum absolute atomic E-state index is 0.860. The molecule has 2 aromatic heterocycles. The quantitative estimate of drug-likeness (QED) is 0.142. The van der Waals surface area contributed by atoms with Crippen molar-refractivity contribution in [2.45, 2.75) is 0 Å². The van der Waals surface area contributed by atoms with Gasteiger partial charge in [-0.3, -0.25) is 0 Å². The van der Waals surface area contributed by atoms with Gasteiger partial charge in [0.15, 0.2) is 5.58 Å². The smallest absolute Gasteiger partial charge is 0.159 e. The van der Waals surface area contributed by atoms with Crippen LogP contribution in [0.25, 0.3) is 96.7 Å². The fourth-order valence-electron chi connectivity index (χ4n) is 10.8. The van der Waals surface area contributed by atoms with Crippen LogP contribution in [0.5, 0.6) is 0 Å². The molecule has 0 N–H and O–H groups in total. The van der Waals surface area contributed by atoms with E-state index in [0.717, 1.165) is 72.8 Å². The van der Waals surface area contributed by atoms with Gasteiger partial charge in [0.1, 0.15) is 5.58 Å². The maximum Gasteiger partial charge on any atom is 0.159 e. The summed E-state index contributed by atoms with van der Waals surface area (Å²) < 4.78 is 9.27.